The van der Waals surface area contributed by atoms with Crippen molar-refractivity contribution >= 4 is 17.5 Å². The molecule has 1 aliphatic carbocycles. The number of hydrogen-bond donors (Lipinski definition) is 1. The molecule has 1 amide bonds. The number of aryl methyl sites for hydroxylation is 1. The molecule has 2 aliphatic rings. The molecule has 1 unspecified atom stereocenters. The number of rotatable bonds is 4. The van der Waals surface area contributed by atoms with E-state index in [1.807, 2.05) is 19.9 Å². The number of nitrogens with one attached hydrogen (secondary N) is 1. The Hall–Kier alpha value is -2.22. The number of carbonyl (C=O) groups excluding carboxylic acids is 1. The predicted molar refractivity (Wildman–Crippen MR) is 89.9 cm³/mol. The van der Waals surface area contributed by atoms with E-state index in [0.717, 1.165) is 50.5 Å². The van der Waals surface area contributed by atoms with E-state index in [2.05, 4.69) is 30.2 Å². The van der Waals surface area contributed by atoms with Crippen molar-refractivity contribution in [3.63, 3.8) is 0 Å². The number of anilines is 1. The maximum Gasteiger partial charge on any atom is 0.254 e. The zero-order chi connectivity index (χ0) is 16.7. The fourth-order valence-electron chi connectivity index (χ4n) is 3.19. The van der Waals surface area contributed by atoms with Gasteiger partial charge in [-0.2, -0.15) is 14.6 Å². The molecule has 8 nitrogen and oxygen atoms in total. The minimum absolute atomic E-state index is 0.0710. The minimum Gasteiger partial charge on any atom is -0.354 e. The van der Waals surface area contributed by atoms with Crippen molar-refractivity contribution in [3.8, 4) is 0 Å². The number of fused-ring (bicyclic) bond motifs is 1. The van der Waals surface area contributed by atoms with Crippen LogP contribution in [0.2, 0.25) is 0 Å². The van der Waals surface area contributed by atoms with Gasteiger partial charge in [0.05, 0.1) is 6.04 Å². The molecule has 1 atom stereocenters. The largest absolute Gasteiger partial charge is 0.354 e. The van der Waals surface area contributed by atoms with Crippen molar-refractivity contribution in [1.29, 1.82) is 0 Å². The molecule has 2 aromatic heterocycles. The molecule has 0 aromatic carbocycles. The fraction of sp³-hybridized carbons (Fsp3) is 0.625. The van der Waals surface area contributed by atoms with Gasteiger partial charge < -0.3 is 10.2 Å². The van der Waals surface area contributed by atoms with Crippen LogP contribution in [0.15, 0.2) is 12.4 Å². The van der Waals surface area contributed by atoms with Crippen molar-refractivity contribution in [2.45, 2.75) is 38.8 Å². The smallest absolute Gasteiger partial charge is 0.254 e. The molecular formula is C16H23N7O. The van der Waals surface area contributed by atoms with E-state index in [1.165, 1.54) is 6.33 Å². The summed E-state index contributed by atoms with van der Waals surface area (Å²) in [5, 5.41) is 7.38. The Morgan fingerprint density at radius 1 is 1.29 bits per heavy atom. The van der Waals surface area contributed by atoms with Crippen molar-refractivity contribution in [2.75, 3.05) is 31.1 Å². The van der Waals surface area contributed by atoms with Gasteiger partial charge >= 0.3 is 0 Å². The van der Waals surface area contributed by atoms with E-state index < -0.39 is 0 Å². The van der Waals surface area contributed by atoms with Gasteiger partial charge in [0.1, 0.15) is 12.1 Å². The number of nitrogens with zero attached hydrogens (tertiary/aromatic N) is 6. The van der Waals surface area contributed by atoms with Crippen LogP contribution < -0.4 is 10.2 Å². The Morgan fingerprint density at radius 3 is 2.75 bits per heavy atom. The highest BCUT2D eigenvalue weighted by Crippen LogP contribution is 2.21. The van der Waals surface area contributed by atoms with Gasteiger partial charge in [0.15, 0.2) is 0 Å². The molecule has 0 radical (unpaired) electrons. The molecule has 1 N–H and O–H groups in total. The van der Waals surface area contributed by atoms with Crippen LogP contribution in [0.25, 0.3) is 5.78 Å². The molecule has 128 valence electrons. The SMILES string of the molecule is Cc1cc(N2CCN(C(C)C(=O)NC3CC3)CC2)n2ncnc2n1. The highest BCUT2D eigenvalue weighted by atomic mass is 16.2. The minimum atomic E-state index is -0.0710. The first-order valence-corrected chi connectivity index (χ1v) is 8.58. The van der Waals surface area contributed by atoms with Crippen molar-refractivity contribution in [2.24, 2.45) is 0 Å². The third-order valence-corrected chi connectivity index (χ3v) is 4.85. The first-order chi connectivity index (χ1) is 11.6. The zero-order valence-electron chi connectivity index (χ0n) is 14.1. The Bertz CT molecular complexity index is 746. The van der Waals surface area contributed by atoms with E-state index >= 15 is 0 Å². The van der Waals surface area contributed by atoms with Gasteiger partial charge in [0.2, 0.25) is 5.91 Å². The van der Waals surface area contributed by atoms with Crippen LogP contribution in [0.4, 0.5) is 5.82 Å². The molecule has 1 aliphatic heterocycles. The summed E-state index contributed by atoms with van der Waals surface area (Å²) >= 11 is 0. The Morgan fingerprint density at radius 2 is 2.04 bits per heavy atom. The third-order valence-electron chi connectivity index (χ3n) is 4.85. The molecule has 1 saturated heterocycles. The normalized spacial score (nSPS) is 20.3. The van der Waals surface area contributed by atoms with E-state index in [4.69, 9.17) is 0 Å². The summed E-state index contributed by atoms with van der Waals surface area (Å²) in [5.74, 6) is 1.80. The first kappa shape index (κ1) is 15.3. The second-order valence-electron chi connectivity index (χ2n) is 6.71. The van der Waals surface area contributed by atoms with Crippen LogP contribution in [0.1, 0.15) is 25.5 Å². The topological polar surface area (TPSA) is 78.7 Å². The summed E-state index contributed by atoms with van der Waals surface area (Å²) < 4.78 is 1.78. The van der Waals surface area contributed by atoms with Crippen molar-refractivity contribution in [1.82, 2.24) is 29.8 Å². The lowest BCUT2D eigenvalue weighted by Gasteiger charge is -2.38. The van der Waals surface area contributed by atoms with Crippen molar-refractivity contribution in [3.05, 3.63) is 18.1 Å². The number of hydrogen-bond acceptors (Lipinski definition) is 6. The molecule has 0 bridgehead atoms. The Kier molecular flexibility index (Phi) is 3.84. The fourth-order valence-corrected chi connectivity index (χ4v) is 3.19. The van der Waals surface area contributed by atoms with E-state index in [0.29, 0.717) is 11.8 Å². The van der Waals surface area contributed by atoms with Crippen LogP contribution in [-0.2, 0) is 4.79 Å². The van der Waals surface area contributed by atoms with Crippen LogP contribution in [0, 0.1) is 6.92 Å². The third kappa shape index (κ3) is 2.93. The summed E-state index contributed by atoms with van der Waals surface area (Å²) in [4.78, 5) is 25.3. The maximum absolute atomic E-state index is 12.2. The first-order valence-electron chi connectivity index (χ1n) is 8.58. The van der Waals surface area contributed by atoms with Gasteiger partial charge in [-0.1, -0.05) is 0 Å². The van der Waals surface area contributed by atoms with Crippen LogP contribution in [0.3, 0.4) is 0 Å². The molecule has 3 heterocycles. The lowest BCUT2D eigenvalue weighted by Crippen LogP contribution is -2.54. The lowest BCUT2D eigenvalue weighted by atomic mass is 10.2. The highest BCUT2D eigenvalue weighted by molar-refractivity contribution is 5.81. The standard InChI is InChI=1S/C16H23N7O/c1-11-9-14(23-16(19-11)17-10-18-23)22-7-5-21(6-8-22)12(2)15(24)20-13-3-4-13/h9-10,12-13H,3-8H2,1-2H3,(H,20,24). The van der Waals surface area contributed by atoms with Crippen LogP contribution >= 0.6 is 0 Å². The summed E-state index contributed by atoms with van der Waals surface area (Å²) in [6, 6.07) is 2.39. The van der Waals surface area contributed by atoms with Crippen molar-refractivity contribution < 1.29 is 4.79 Å². The van der Waals surface area contributed by atoms with Gasteiger partial charge in [0, 0.05) is 44.0 Å². The summed E-state index contributed by atoms with van der Waals surface area (Å²) in [7, 11) is 0. The monoisotopic (exact) mass is 329 g/mol. The van der Waals surface area contributed by atoms with Gasteiger partial charge in [-0.15, -0.1) is 0 Å². The summed E-state index contributed by atoms with van der Waals surface area (Å²) in [5.41, 5.74) is 0.935. The van der Waals surface area contributed by atoms with Gasteiger partial charge in [-0.05, 0) is 26.7 Å². The molecule has 4 rings (SSSR count). The van der Waals surface area contributed by atoms with Crippen LogP contribution in [0.5, 0.6) is 0 Å². The maximum atomic E-state index is 12.2. The molecule has 0 spiro atoms. The Balaban J connectivity index is 1.43. The van der Waals surface area contributed by atoms with E-state index in [-0.39, 0.29) is 11.9 Å². The summed E-state index contributed by atoms with van der Waals surface area (Å²) in [6.07, 6.45) is 3.79. The summed E-state index contributed by atoms with van der Waals surface area (Å²) in [6.45, 7) is 7.41. The molecular weight excluding hydrogens is 306 g/mol. The van der Waals surface area contributed by atoms with Gasteiger partial charge in [0.25, 0.3) is 5.78 Å². The zero-order valence-corrected chi connectivity index (χ0v) is 14.1. The average Bonchev–Trinajstić information content (AvgIpc) is 3.27. The molecule has 24 heavy (non-hydrogen) atoms. The number of piperazine rings is 1. The second-order valence-corrected chi connectivity index (χ2v) is 6.71. The van der Waals surface area contributed by atoms with E-state index in [9.17, 15) is 4.79 Å². The van der Waals surface area contributed by atoms with Gasteiger partial charge in [-0.3, -0.25) is 9.69 Å². The number of amides is 1. The Labute approximate surface area is 140 Å². The number of carbonyl (C=O) groups is 1. The van der Waals surface area contributed by atoms with Gasteiger partial charge in [-0.25, -0.2) is 4.98 Å². The highest BCUT2D eigenvalue weighted by Gasteiger charge is 2.30. The predicted octanol–water partition coefficient (Wildman–Crippen LogP) is 0.222. The quantitative estimate of drug-likeness (QED) is 0.865. The van der Waals surface area contributed by atoms with E-state index in [1.54, 1.807) is 4.52 Å². The second kappa shape index (κ2) is 6.01. The molecule has 2 fully saturated rings. The molecule has 1 saturated carbocycles. The average molecular weight is 329 g/mol. The lowest BCUT2D eigenvalue weighted by molar-refractivity contribution is -0.126. The molecule has 8 heteroatoms. The molecule has 2 aromatic rings. The number of aromatic nitrogens is 4. The van der Waals surface area contributed by atoms with Crippen LogP contribution in [-0.4, -0.2) is 68.7 Å².